The third kappa shape index (κ3) is 4.05. The Hall–Kier alpha value is -3.65. The maximum atomic E-state index is 13.8. The van der Waals surface area contributed by atoms with Gasteiger partial charge in [0.1, 0.15) is 17.5 Å². The molecule has 1 saturated carbocycles. The average Bonchev–Trinajstić information content (AvgIpc) is 3.71. The molecule has 7 nitrogen and oxygen atoms in total. The summed E-state index contributed by atoms with van der Waals surface area (Å²) in [4.78, 5) is 21.3. The number of fused-ring (bicyclic) bond motifs is 1. The van der Waals surface area contributed by atoms with Crippen LogP contribution < -0.4 is 15.5 Å². The standard InChI is InChI=1S/C26H26FN7/c1-16-2-5-19(27)13-21(16)31-23-12-18(6-7-30-23)25-32-22-15-29-14-20(17-3-4-17)24(22)26(33-25)34-10-8-28-9-11-34/h2,5-7,12-15,17,28H,3-4,8-11H2,1H3,(H,30,31). The molecule has 8 heteroatoms. The molecule has 2 aliphatic rings. The minimum atomic E-state index is -0.290. The van der Waals surface area contributed by atoms with Crippen LogP contribution >= 0.6 is 0 Å². The summed E-state index contributed by atoms with van der Waals surface area (Å²) in [6.45, 7) is 5.60. The second-order valence-electron chi connectivity index (χ2n) is 9.02. The second-order valence-corrected chi connectivity index (χ2v) is 9.02. The number of aryl methyl sites for hydroxylation is 1. The van der Waals surface area contributed by atoms with E-state index in [1.165, 1.54) is 30.5 Å². The van der Waals surface area contributed by atoms with Crippen molar-refractivity contribution >= 4 is 28.2 Å². The number of pyridine rings is 2. The highest BCUT2D eigenvalue weighted by molar-refractivity contribution is 5.94. The Morgan fingerprint density at radius 3 is 2.74 bits per heavy atom. The van der Waals surface area contributed by atoms with Crippen LogP contribution in [-0.2, 0) is 0 Å². The van der Waals surface area contributed by atoms with Gasteiger partial charge in [-0.2, -0.15) is 0 Å². The van der Waals surface area contributed by atoms with E-state index < -0.39 is 0 Å². The zero-order valence-corrected chi connectivity index (χ0v) is 19.1. The van der Waals surface area contributed by atoms with Gasteiger partial charge in [-0.05, 0) is 61.1 Å². The largest absolute Gasteiger partial charge is 0.353 e. The molecule has 4 aromatic rings. The minimum absolute atomic E-state index is 0.290. The van der Waals surface area contributed by atoms with Crippen molar-refractivity contribution in [1.82, 2.24) is 25.3 Å². The molecule has 1 aliphatic carbocycles. The van der Waals surface area contributed by atoms with E-state index in [2.05, 4.69) is 25.5 Å². The summed E-state index contributed by atoms with van der Waals surface area (Å²) in [7, 11) is 0. The maximum Gasteiger partial charge on any atom is 0.162 e. The molecule has 172 valence electrons. The molecule has 1 saturated heterocycles. The normalized spacial score (nSPS) is 16.1. The third-order valence-electron chi connectivity index (χ3n) is 6.53. The number of hydrogen-bond acceptors (Lipinski definition) is 7. The van der Waals surface area contributed by atoms with Gasteiger partial charge in [-0.15, -0.1) is 0 Å². The van der Waals surface area contributed by atoms with E-state index in [0.29, 0.717) is 23.2 Å². The van der Waals surface area contributed by atoms with Gasteiger partial charge in [-0.3, -0.25) is 4.98 Å². The van der Waals surface area contributed by atoms with Crippen molar-refractivity contribution in [2.45, 2.75) is 25.7 Å². The van der Waals surface area contributed by atoms with Gasteiger partial charge in [-0.25, -0.2) is 19.3 Å². The summed E-state index contributed by atoms with van der Waals surface area (Å²) in [5, 5.41) is 7.79. The molecule has 0 amide bonds. The summed E-state index contributed by atoms with van der Waals surface area (Å²) in [6, 6.07) is 8.49. The predicted octanol–water partition coefficient (Wildman–Crippen LogP) is 4.56. The molecule has 0 unspecified atom stereocenters. The fraction of sp³-hybridized carbons (Fsp3) is 0.308. The fourth-order valence-electron chi connectivity index (χ4n) is 4.53. The number of hydrogen-bond donors (Lipinski definition) is 2. The molecule has 3 aromatic heterocycles. The Morgan fingerprint density at radius 2 is 1.91 bits per heavy atom. The lowest BCUT2D eigenvalue weighted by molar-refractivity contribution is 0.586. The lowest BCUT2D eigenvalue weighted by atomic mass is 10.1. The average molecular weight is 456 g/mol. The van der Waals surface area contributed by atoms with Crippen molar-refractivity contribution in [1.29, 1.82) is 0 Å². The van der Waals surface area contributed by atoms with E-state index in [9.17, 15) is 4.39 Å². The molecule has 0 radical (unpaired) electrons. The van der Waals surface area contributed by atoms with Crippen molar-refractivity contribution in [2.24, 2.45) is 0 Å². The number of piperazine rings is 1. The van der Waals surface area contributed by atoms with Gasteiger partial charge >= 0.3 is 0 Å². The van der Waals surface area contributed by atoms with Crippen LogP contribution in [0, 0.1) is 12.7 Å². The maximum absolute atomic E-state index is 13.8. The van der Waals surface area contributed by atoms with Crippen LogP contribution in [0.5, 0.6) is 0 Å². The van der Waals surface area contributed by atoms with Gasteiger partial charge in [-0.1, -0.05) is 6.07 Å². The molecule has 0 bridgehead atoms. The van der Waals surface area contributed by atoms with Gasteiger partial charge in [0.15, 0.2) is 5.82 Å². The van der Waals surface area contributed by atoms with E-state index in [1.807, 2.05) is 31.5 Å². The lowest BCUT2D eigenvalue weighted by Gasteiger charge is -2.30. The van der Waals surface area contributed by atoms with Crippen LogP contribution in [0.2, 0.25) is 0 Å². The van der Waals surface area contributed by atoms with Crippen molar-refractivity contribution in [3.8, 4) is 11.4 Å². The molecule has 4 heterocycles. The zero-order chi connectivity index (χ0) is 23.1. The summed E-state index contributed by atoms with van der Waals surface area (Å²) >= 11 is 0. The summed E-state index contributed by atoms with van der Waals surface area (Å²) in [6.07, 6.45) is 7.95. The molecule has 1 aromatic carbocycles. The van der Waals surface area contributed by atoms with Crippen molar-refractivity contribution in [3.63, 3.8) is 0 Å². The molecule has 6 rings (SSSR count). The highest BCUT2D eigenvalue weighted by atomic mass is 19.1. The lowest BCUT2D eigenvalue weighted by Crippen LogP contribution is -2.44. The number of nitrogens with zero attached hydrogens (tertiary/aromatic N) is 5. The number of aromatic nitrogens is 4. The highest BCUT2D eigenvalue weighted by Gasteiger charge is 2.29. The zero-order valence-electron chi connectivity index (χ0n) is 19.1. The van der Waals surface area contributed by atoms with Crippen LogP contribution in [0.3, 0.4) is 0 Å². The molecule has 2 fully saturated rings. The molecular weight excluding hydrogens is 429 g/mol. The van der Waals surface area contributed by atoms with E-state index in [1.54, 1.807) is 12.3 Å². The first-order valence-electron chi connectivity index (χ1n) is 11.8. The minimum Gasteiger partial charge on any atom is -0.353 e. The van der Waals surface area contributed by atoms with Crippen molar-refractivity contribution in [2.75, 3.05) is 36.4 Å². The van der Waals surface area contributed by atoms with Crippen LogP contribution in [0.15, 0.2) is 48.9 Å². The van der Waals surface area contributed by atoms with E-state index in [-0.39, 0.29) is 5.82 Å². The summed E-state index contributed by atoms with van der Waals surface area (Å²) in [5.41, 5.74) is 4.60. The van der Waals surface area contributed by atoms with Gasteiger partial charge in [0.05, 0.1) is 11.7 Å². The molecule has 0 spiro atoms. The van der Waals surface area contributed by atoms with Crippen LogP contribution in [0.1, 0.15) is 29.9 Å². The van der Waals surface area contributed by atoms with Crippen LogP contribution in [-0.4, -0.2) is 46.1 Å². The topological polar surface area (TPSA) is 78.9 Å². The Bertz CT molecular complexity index is 1360. The Kier molecular flexibility index (Phi) is 5.30. The van der Waals surface area contributed by atoms with Crippen molar-refractivity contribution < 1.29 is 4.39 Å². The molecule has 34 heavy (non-hydrogen) atoms. The highest BCUT2D eigenvalue weighted by Crippen LogP contribution is 2.44. The fourth-order valence-corrected chi connectivity index (χ4v) is 4.53. The monoisotopic (exact) mass is 455 g/mol. The summed E-state index contributed by atoms with van der Waals surface area (Å²) < 4.78 is 13.8. The van der Waals surface area contributed by atoms with Gasteiger partial charge < -0.3 is 15.5 Å². The van der Waals surface area contributed by atoms with Crippen LogP contribution in [0.25, 0.3) is 22.3 Å². The van der Waals surface area contributed by atoms with E-state index >= 15 is 0 Å². The Morgan fingerprint density at radius 1 is 1.06 bits per heavy atom. The number of halogens is 1. The Balaban J connectivity index is 1.44. The molecular formula is C26H26FN7. The molecule has 0 atom stereocenters. The van der Waals surface area contributed by atoms with Gasteiger partial charge in [0.25, 0.3) is 0 Å². The third-order valence-corrected chi connectivity index (χ3v) is 6.53. The van der Waals surface area contributed by atoms with Gasteiger partial charge in [0, 0.05) is 55.2 Å². The predicted molar refractivity (Wildman–Crippen MR) is 132 cm³/mol. The van der Waals surface area contributed by atoms with E-state index in [0.717, 1.165) is 54.0 Å². The second kappa shape index (κ2) is 8.61. The quantitative estimate of drug-likeness (QED) is 0.457. The first-order chi connectivity index (χ1) is 16.7. The summed E-state index contributed by atoms with van der Waals surface area (Å²) in [5.74, 6) is 2.50. The first-order valence-corrected chi connectivity index (χ1v) is 11.8. The number of anilines is 3. The number of benzene rings is 1. The molecule has 2 N–H and O–H groups in total. The smallest absolute Gasteiger partial charge is 0.162 e. The van der Waals surface area contributed by atoms with Crippen molar-refractivity contribution in [3.05, 3.63) is 65.9 Å². The molecule has 1 aliphatic heterocycles. The van der Waals surface area contributed by atoms with E-state index in [4.69, 9.17) is 9.97 Å². The van der Waals surface area contributed by atoms with Crippen LogP contribution in [0.4, 0.5) is 21.7 Å². The first kappa shape index (κ1) is 20.9. The van der Waals surface area contributed by atoms with Gasteiger partial charge in [0.2, 0.25) is 0 Å². The Labute approximate surface area is 197 Å². The number of nitrogens with one attached hydrogen (secondary N) is 2. The number of rotatable bonds is 5. The SMILES string of the molecule is Cc1ccc(F)cc1Nc1cc(-c2nc(N3CCNCC3)c3c(C4CC4)cncc3n2)ccn1.